The minimum atomic E-state index is -0.792. The summed E-state index contributed by atoms with van der Waals surface area (Å²) in [6.45, 7) is 4.00. The van der Waals surface area contributed by atoms with E-state index in [0.717, 1.165) is 47.2 Å². The maximum atomic E-state index is 10.7. The maximum Gasteiger partial charge on any atom is 0.227 e. The summed E-state index contributed by atoms with van der Waals surface area (Å²) in [6, 6.07) is 17.6. The van der Waals surface area contributed by atoms with Gasteiger partial charge in [0.25, 0.3) is 0 Å². The van der Waals surface area contributed by atoms with Crippen LogP contribution < -0.4 is 10.3 Å². The summed E-state index contributed by atoms with van der Waals surface area (Å²) in [7, 11) is 1.64. The van der Waals surface area contributed by atoms with Crippen LogP contribution in [0.25, 0.3) is 10.8 Å². The molecule has 0 aliphatic heterocycles. The Bertz CT molecular complexity index is 955. The minimum absolute atomic E-state index is 0.461. The zero-order chi connectivity index (χ0) is 19.3. The summed E-state index contributed by atoms with van der Waals surface area (Å²) >= 11 is 0. The fourth-order valence-corrected chi connectivity index (χ4v) is 3.17. The molecule has 0 fully saturated rings. The van der Waals surface area contributed by atoms with Crippen LogP contribution in [0, 0.1) is 0 Å². The van der Waals surface area contributed by atoms with Crippen LogP contribution in [0.15, 0.2) is 64.0 Å². The van der Waals surface area contributed by atoms with Crippen LogP contribution in [0.3, 0.4) is 0 Å². The normalized spacial score (nSPS) is 14.3. The molecule has 27 heavy (non-hydrogen) atoms. The lowest BCUT2D eigenvalue weighted by molar-refractivity contribution is 0.0432. The van der Waals surface area contributed by atoms with Crippen LogP contribution in [-0.2, 0) is 6.42 Å². The van der Waals surface area contributed by atoms with Crippen LogP contribution >= 0.6 is 0 Å². The average Bonchev–Trinajstić information content (AvgIpc) is 2.67. The lowest BCUT2D eigenvalue weighted by Crippen LogP contribution is -2.27. The number of hydrogen-bond donors (Lipinski definition) is 1. The lowest BCUT2D eigenvalue weighted by atomic mass is 9.93. The van der Waals surface area contributed by atoms with Crippen LogP contribution in [0.4, 0.5) is 5.69 Å². The highest BCUT2D eigenvalue weighted by Gasteiger charge is 2.22. The predicted molar refractivity (Wildman–Crippen MR) is 108 cm³/mol. The number of fused-ring (bicyclic) bond motifs is 1. The van der Waals surface area contributed by atoms with E-state index in [0.29, 0.717) is 12.0 Å². The Labute approximate surface area is 160 Å². The summed E-state index contributed by atoms with van der Waals surface area (Å²) in [5.74, 6) is 1.53. The largest absolute Gasteiger partial charge is 0.497 e. The molecule has 0 saturated carbocycles. The lowest BCUT2D eigenvalue weighted by Gasteiger charge is -2.22. The summed E-state index contributed by atoms with van der Waals surface area (Å²) < 4.78 is 11.3. The molecule has 1 unspecified atom stereocenters. The summed E-state index contributed by atoms with van der Waals surface area (Å²) in [5.41, 5.74) is 0.554. The number of rotatable bonds is 7. The van der Waals surface area contributed by atoms with Crippen LogP contribution in [0.2, 0.25) is 0 Å². The number of ether oxygens (including phenoxy) is 1. The van der Waals surface area contributed by atoms with Gasteiger partial charge in [-0.2, -0.15) is 0 Å². The third-order valence-electron chi connectivity index (χ3n) is 4.66. The number of hydrogen-bond acceptors (Lipinski definition) is 4. The molecule has 0 spiro atoms. The van der Waals surface area contributed by atoms with Crippen molar-refractivity contribution in [3.63, 3.8) is 0 Å². The smallest absolute Gasteiger partial charge is 0.227 e. The topological polar surface area (TPSA) is 55.0 Å². The van der Waals surface area contributed by atoms with Crippen molar-refractivity contribution in [3.05, 3.63) is 65.9 Å². The molecule has 4 nitrogen and oxygen atoms in total. The molecule has 4 heteroatoms. The monoisotopic (exact) mass is 365 g/mol. The Morgan fingerprint density at radius 3 is 2.56 bits per heavy atom. The van der Waals surface area contributed by atoms with Gasteiger partial charge in [-0.05, 0) is 55.1 Å². The van der Waals surface area contributed by atoms with E-state index in [4.69, 9.17) is 14.1 Å². The maximum absolute atomic E-state index is 10.7. The van der Waals surface area contributed by atoms with Crippen LogP contribution in [0.1, 0.15) is 38.9 Å². The van der Waals surface area contributed by atoms with Crippen LogP contribution in [0.5, 0.6) is 5.75 Å². The number of benzene rings is 2. The van der Waals surface area contributed by atoms with Gasteiger partial charge in [0, 0.05) is 11.8 Å². The third kappa shape index (κ3) is 4.98. The number of nitrogens with zero attached hydrogens (tertiary/aromatic N) is 1. The van der Waals surface area contributed by atoms with E-state index in [2.05, 4.69) is 6.92 Å². The van der Waals surface area contributed by atoms with Gasteiger partial charge >= 0.3 is 0 Å². The number of methoxy groups -OCH3 is 1. The molecule has 3 rings (SSSR count). The van der Waals surface area contributed by atoms with Crippen LogP contribution in [-0.4, -0.2) is 17.8 Å². The first-order valence-corrected chi connectivity index (χ1v) is 9.44. The van der Waals surface area contributed by atoms with Gasteiger partial charge in [-0.1, -0.05) is 38.0 Å². The molecular formula is C23H27NO3. The fourth-order valence-electron chi connectivity index (χ4n) is 3.17. The zero-order valence-electron chi connectivity index (χ0n) is 16.2. The van der Waals surface area contributed by atoms with Crippen molar-refractivity contribution in [1.82, 2.24) is 0 Å². The van der Waals surface area contributed by atoms with E-state index < -0.39 is 5.60 Å². The van der Waals surface area contributed by atoms with E-state index >= 15 is 0 Å². The first kappa shape index (κ1) is 19.2. The fraction of sp³-hybridized carbons (Fsp3) is 0.348. The Morgan fingerprint density at radius 1 is 1.11 bits per heavy atom. The molecule has 1 aromatic heterocycles. The van der Waals surface area contributed by atoms with Crippen molar-refractivity contribution in [1.29, 1.82) is 0 Å². The summed E-state index contributed by atoms with van der Waals surface area (Å²) in [6.07, 6.45) is 3.26. The van der Waals surface area contributed by atoms with Crippen molar-refractivity contribution >= 4 is 16.5 Å². The van der Waals surface area contributed by atoms with Crippen molar-refractivity contribution < 1.29 is 14.3 Å². The molecule has 0 amide bonds. The second-order valence-corrected chi connectivity index (χ2v) is 7.19. The molecule has 3 aromatic rings. The standard InChI is InChI=1S/C23H27NO3/c1-4-5-14-23(2,25)16-20-15-17-8-6-7-9-21(17)22(27-20)24-18-10-12-19(26-3)13-11-18/h6-13,15,25H,4-5,14,16H2,1-3H3. The van der Waals surface area contributed by atoms with Crippen molar-refractivity contribution in [3.8, 4) is 5.75 Å². The summed E-state index contributed by atoms with van der Waals surface area (Å²) in [4.78, 5) is 4.69. The highest BCUT2D eigenvalue weighted by Crippen LogP contribution is 2.22. The molecule has 0 saturated heterocycles. The third-order valence-corrected chi connectivity index (χ3v) is 4.66. The molecule has 1 N–H and O–H groups in total. The van der Waals surface area contributed by atoms with E-state index in [-0.39, 0.29) is 0 Å². The Balaban J connectivity index is 2.03. The molecule has 0 aliphatic rings. The second-order valence-electron chi connectivity index (χ2n) is 7.19. The molecule has 1 heterocycles. The predicted octanol–water partition coefficient (Wildman–Crippen LogP) is 5.16. The SMILES string of the molecule is CCCCC(C)(O)Cc1cc2ccccc2c(=Nc2ccc(OC)cc2)o1. The van der Waals surface area contributed by atoms with Gasteiger partial charge in [0.1, 0.15) is 11.5 Å². The second kappa shape index (κ2) is 8.40. The molecule has 2 aromatic carbocycles. The molecule has 0 bridgehead atoms. The number of unbranched alkanes of at least 4 members (excludes halogenated alkanes) is 1. The molecule has 142 valence electrons. The van der Waals surface area contributed by atoms with Crippen molar-refractivity contribution in [2.75, 3.05) is 7.11 Å². The highest BCUT2D eigenvalue weighted by molar-refractivity contribution is 5.81. The van der Waals surface area contributed by atoms with E-state index in [1.807, 2.05) is 61.5 Å². The van der Waals surface area contributed by atoms with Gasteiger partial charge in [0.05, 0.1) is 18.4 Å². The van der Waals surface area contributed by atoms with E-state index in [9.17, 15) is 5.11 Å². The van der Waals surface area contributed by atoms with Crippen molar-refractivity contribution in [2.24, 2.45) is 4.99 Å². The Kier molecular flexibility index (Phi) is 5.97. The van der Waals surface area contributed by atoms with E-state index in [1.54, 1.807) is 7.11 Å². The van der Waals surface area contributed by atoms with Gasteiger partial charge in [0.15, 0.2) is 0 Å². The minimum Gasteiger partial charge on any atom is -0.497 e. The van der Waals surface area contributed by atoms with Gasteiger partial charge in [0.2, 0.25) is 5.55 Å². The molecule has 0 aliphatic carbocycles. The first-order chi connectivity index (χ1) is 13.0. The quantitative estimate of drug-likeness (QED) is 0.629. The average molecular weight is 365 g/mol. The van der Waals surface area contributed by atoms with Gasteiger partial charge < -0.3 is 14.3 Å². The first-order valence-electron chi connectivity index (χ1n) is 9.44. The van der Waals surface area contributed by atoms with Gasteiger partial charge in [-0.3, -0.25) is 0 Å². The molecular weight excluding hydrogens is 338 g/mol. The van der Waals surface area contributed by atoms with Gasteiger partial charge in [-0.25, -0.2) is 4.99 Å². The summed E-state index contributed by atoms with van der Waals surface area (Å²) in [5, 5.41) is 12.7. The Morgan fingerprint density at radius 2 is 1.85 bits per heavy atom. The molecule has 1 atom stereocenters. The zero-order valence-corrected chi connectivity index (χ0v) is 16.2. The molecule has 0 radical (unpaired) electrons. The van der Waals surface area contributed by atoms with E-state index in [1.165, 1.54) is 0 Å². The Hall–Kier alpha value is -2.59. The van der Waals surface area contributed by atoms with Crippen molar-refractivity contribution in [2.45, 2.75) is 45.1 Å². The van der Waals surface area contributed by atoms with Gasteiger partial charge in [-0.15, -0.1) is 0 Å². The highest BCUT2D eigenvalue weighted by atomic mass is 16.5. The number of aliphatic hydroxyl groups is 1.